The maximum Gasteiger partial charge on any atom is 0.266 e. The van der Waals surface area contributed by atoms with Crippen molar-refractivity contribution in [1.29, 1.82) is 0 Å². The van der Waals surface area contributed by atoms with E-state index in [1.54, 1.807) is 24.4 Å². The molecule has 0 fully saturated rings. The number of nitrogens with zero attached hydrogens (tertiary/aromatic N) is 1. The minimum atomic E-state index is -4.35. The Morgan fingerprint density at radius 1 is 1.06 bits per heavy atom. The number of benzene rings is 3. The molecule has 0 unspecified atom stereocenters. The minimum Gasteiger partial charge on any atom is -0.508 e. The van der Waals surface area contributed by atoms with Crippen molar-refractivity contribution < 1.29 is 27.9 Å². The Morgan fingerprint density at radius 2 is 1.82 bits per heavy atom. The molecule has 4 N–H and O–H groups in total. The number of carbonyl (C=O) groups excluding carboxylic acids is 1. The van der Waals surface area contributed by atoms with E-state index < -0.39 is 27.8 Å². The van der Waals surface area contributed by atoms with Crippen LogP contribution in [0.25, 0.3) is 10.9 Å². The van der Waals surface area contributed by atoms with Crippen molar-refractivity contribution in [2.45, 2.75) is 17.5 Å². The van der Waals surface area contributed by atoms with Crippen molar-refractivity contribution in [2.75, 3.05) is 0 Å². The lowest BCUT2D eigenvalue weighted by molar-refractivity contribution is -0.133. The molecule has 1 aromatic heterocycles. The molecule has 0 saturated carbocycles. The van der Waals surface area contributed by atoms with Gasteiger partial charge in [-0.3, -0.25) is 10.0 Å². The number of sulfonamides is 1. The van der Waals surface area contributed by atoms with Gasteiger partial charge in [-0.1, -0.05) is 18.2 Å². The minimum absolute atomic E-state index is 0.0339. The Hall–Kier alpha value is -3.73. The number of phenols is 1. The number of H-pyrrole nitrogens is 1. The normalized spacial score (nSPS) is 12.7. The second kappa shape index (κ2) is 9.02. The summed E-state index contributed by atoms with van der Waals surface area (Å²) in [6.45, 7) is -0.251. The van der Waals surface area contributed by atoms with Crippen LogP contribution in [0.1, 0.15) is 17.2 Å². The van der Waals surface area contributed by atoms with Crippen LogP contribution in [0.2, 0.25) is 0 Å². The van der Waals surface area contributed by atoms with Gasteiger partial charge in [-0.15, -0.1) is 0 Å². The largest absolute Gasteiger partial charge is 0.508 e. The van der Waals surface area contributed by atoms with Gasteiger partial charge in [0.1, 0.15) is 17.6 Å². The van der Waals surface area contributed by atoms with Gasteiger partial charge < -0.3 is 10.1 Å². The van der Waals surface area contributed by atoms with E-state index in [0.29, 0.717) is 5.56 Å². The molecule has 0 spiro atoms. The lowest BCUT2D eigenvalue weighted by Gasteiger charge is -2.30. The summed E-state index contributed by atoms with van der Waals surface area (Å²) in [5.41, 5.74) is 2.94. The quantitative estimate of drug-likeness (QED) is 0.244. The highest BCUT2D eigenvalue weighted by Gasteiger charge is 2.37. The number of hydrogen-bond donors (Lipinski definition) is 4. The molecule has 1 atom stereocenters. The van der Waals surface area contributed by atoms with E-state index in [2.05, 4.69) is 4.98 Å². The third kappa shape index (κ3) is 4.58. The molecule has 170 valence electrons. The molecule has 0 aliphatic heterocycles. The molecule has 8 nitrogen and oxygen atoms in total. The predicted molar refractivity (Wildman–Crippen MR) is 118 cm³/mol. The van der Waals surface area contributed by atoms with Gasteiger partial charge in [0.2, 0.25) is 10.0 Å². The molecule has 1 heterocycles. The number of fused-ring (bicyclic) bond motifs is 1. The average Bonchev–Trinajstić information content (AvgIpc) is 3.27. The summed E-state index contributed by atoms with van der Waals surface area (Å²) in [6.07, 6.45) is 1.74. The van der Waals surface area contributed by atoms with E-state index in [4.69, 9.17) is 0 Å². The number of phenolic OH excluding ortho intramolecular Hbond substituents is 1. The van der Waals surface area contributed by atoms with E-state index in [-0.39, 0.29) is 22.8 Å². The molecule has 3 aromatic carbocycles. The van der Waals surface area contributed by atoms with Crippen molar-refractivity contribution in [3.05, 3.63) is 95.9 Å². The first kappa shape index (κ1) is 22.5. The Bertz CT molecular complexity index is 1400. The number of nitrogens with one attached hydrogen (secondary N) is 2. The summed E-state index contributed by atoms with van der Waals surface area (Å²) < 4.78 is 42.2. The highest BCUT2D eigenvalue weighted by atomic mass is 32.2. The van der Waals surface area contributed by atoms with E-state index in [9.17, 15) is 27.9 Å². The lowest BCUT2D eigenvalue weighted by Crippen LogP contribution is -2.42. The van der Waals surface area contributed by atoms with Gasteiger partial charge in [-0.05, 0) is 71.1 Å². The van der Waals surface area contributed by atoms with Crippen molar-refractivity contribution >= 4 is 26.8 Å². The number of carbonyl (C=O) groups is 1. The zero-order valence-electron chi connectivity index (χ0n) is 17.1. The van der Waals surface area contributed by atoms with Crippen LogP contribution in [0.15, 0.2) is 83.9 Å². The van der Waals surface area contributed by atoms with Crippen LogP contribution in [0.5, 0.6) is 5.75 Å². The van der Waals surface area contributed by atoms with Crippen LogP contribution in [0.3, 0.4) is 0 Å². The molecule has 1 amide bonds. The van der Waals surface area contributed by atoms with Gasteiger partial charge in [-0.25, -0.2) is 18.3 Å². The van der Waals surface area contributed by atoms with E-state index in [0.717, 1.165) is 27.3 Å². The molecule has 4 rings (SSSR count). The monoisotopic (exact) mass is 469 g/mol. The fourth-order valence-electron chi connectivity index (χ4n) is 3.64. The van der Waals surface area contributed by atoms with Crippen molar-refractivity contribution in [2.24, 2.45) is 0 Å². The summed E-state index contributed by atoms with van der Waals surface area (Å²) in [5.74, 6) is -1.85. The Labute approximate surface area is 188 Å². The Morgan fingerprint density at radius 3 is 2.52 bits per heavy atom. The lowest BCUT2D eigenvalue weighted by atomic mass is 10.1. The van der Waals surface area contributed by atoms with Gasteiger partial charge in [-0.2, -0.15) is 4.31 Å². The molecule has 0 radical (unpaired) electrons. The zero-order chi connectivity index (χ0) is 23.6. The van der Waals surface area contributed by atoms with Crippen LogP contribution in [0.4, 0.5) is 4.39 Å². The number of hydroxylamine groups is 1. The second-order valence-corrected chi connectivity index (χ2v) is 9.27. The molecule has 10 heteroatoms. The number of aromatic nitrogens is 1. The molecule has 0 bridgehead atoms. The maximum absolute atomic E-state index is 14.0. The van der Waals surface area contributed by atoms with E-state index in [1.807, 2.05) is 6.07 Å². The second-order valence-electron chi connectivity index (χ2n) is 7.38. The molecule has 0 aliphatic rings. The molecular weight excluding hydrogens is 449 g/mol. The summed E-state index contributed by atoms with van der Waals surface area (Å²) in [5, 5.41) is 19.8. The zero-order valence-corrected chi connectivity index (χ0v) is 18.0. The molecule has 0 aliphatic carbocycles. The smallest absolute Gasteiger partial charge is 0.266 e. The summed E-state index contributed by atoms with van der Waals surface area (Å²) >= 11 is 0. The fourth-order valence-corrected chi connectivity index (χ4v) is 5.20. The van der Waals surface area contributed by atoms with E-state index in [1.165, 1.54) is 41.9 Å². The number of halogens is 1. The standard InChI is InChI=1S/C23H20FN3O5S/c24-18-3-1-2-17(13-18)22(23(29)26-30)27(33(31,32)20-7-5-19(28)6-8-20)14-15-4-9-21-16(12-15)10-11-25-21/h1-13,22,25,28,30H,14H2,(H,26,29)/t22-/m1/s1. The number of rotatable bonds is 7. The summed E-state index contributed by atoms with van der Waals surface area (Å²) in [4.78, 5) is 15.6. The third-order valence-corrected chi connectivity index (χ3v) is 7.04. The average molecular weight is 469 g/mol. The molecule has 4 aromatic rings. The Kier molecular flexibility index (Phi) is 6.14. The number of amides is 1. The first-order chi connectivity index (χ1) is 15.8. The number of aromatic amines is 1. The van der Waals surface area contributed by atoms with Gasteiger partial charge >= 0.3 is 0 Å². The van der Waals surface area contributed by atoms with Crippen LogP contribution in [-0.2, 0) is 21.4 Å². The van der Waals surface area contributed by atoms with Gasteiger partial charge in [0, 0.05) is 18.3 Å². The first-order valence-electron chi connectivity index (χ1n) is 9.86. The molecular formula is C23H20FN3O5S. The number of aromatic hydroxyl groups is 1. The van der Waals surface area contributed by atoms with Crippen LogP contribution < -0.4 is 5.48 Å². The molecule has 33 heavy (non-hydrogen) atoms. The van der Waals surface area contributed by atoms with Crippen LogP contribution in [0, 0.1) is 5.82 Å². The SMILES string of the molecule is O=C(NO)[C@@H](c1cccc(F)c1)N(Cc1ccc2[nH]ccc2c1)S(=O)(=O)c1ccc(O)cc1. The van der Waals surface area contributed by atoms with Gasteiger partial charge in [0.15, 0.2) is 0 Å². The Balaban J connectivity index is 1.87. The maximum atomic E-state index is 14.0. The fraction of sp³-hybridized carbons (Fsp3) is 0.0870. The highest BCUT2D eigenvalue weighted by Crippen LogP contribution is 2.31. The van der Waals surface area contributed by atoms with Crippen molar-refractivity contribution in [3.63, 3.8) is 0 Å². The molecule has 0 saturated heterocycles. The van der Waals surface area contributed by atoms with Crippen molar-refractivity contribution in [1.82, 2.24) is 14.8 Å². The summed E-state index contributed by atoms with van der Waals surface area (Å²) in [6, 6.07) is 15.3. The third-order valence-electron chi connectivity index (χ3n) is 5.21. The van der Waals surface area contributed by atoms with Gasteiger partial charge in [0.05, 0.1) is 4.90 Å². The highest BCUT2D eigenvalue weighted by molar-refractivity contribution is 7.89. The number of hydrogen-bond acceptors (Lipinski definition) is 5. The van der Waals surface area contributed by atoms with E-state index >= 15 is 0 Å². The topological polar surface area (TPSA) is 123 Å². The van der Waals surface area contributed by atoms with Gasteiger partial charge in [0.25, 0.3) is 5.91 Å². The first-order valence-corrected chi connectivity index (χ1v) is 11.3. The van der Waals surface area contributed by atoms with Crippen molar-refractivity contribution in [3.8, 4) is 5.75 Å². The predicted octanol–water partition coefficient (Wildman–Crippen LogP) is 3.45. The van der Waals surface area contributed by atoms with Crippen LogP contribution >= 0.6 is 0 Å². The summed E-state index contributed by atoms with van der Waals surface area (Å²) in [7, 11) is -4.35. The van der Waals surface area contributed by atoms with Crippen LogP contribution in [-0.4, -0.2) is 33.9 Å².